The van der Waals surface area contributed by atoms with Gasteiger partial charge < -0.3 is 9.94 Å². The summed E-state index contributed by atoms with van der Waals surface area (Å²) >= 11 is 0. The van der Waals surface area contributed by atoms with Crippen molar-refractivity contribution in [3.05, 3.63) is 65.7 Å². The molecule has 0 spiro atoms. The maximum atomic E-state index is 11.8. The number of carboxylic acids is 1. The van der Waals surface area contributed by atoms with Gasteiger partial charge in [-0.1, -0.05) is 35.5 Å². The van der Waals surface area contributed by atoms with Crippen LogP contribution in [0.25, 0.3) is 0 Å². The molecule has 1 atom stereocenters. The van der Waals surface area contributed by atoms with Crippen molar-refractivity contribution in [2.45, 2.75) is 6.04 Å². The third-order valence-electron chi connectivity index (χ3n) is 3.19. The Balaban J connectivity index is 1.81. The van der Waals surface area contributed by atoms with Gasteiger partial charge in [0.2, 0.25) is 6.04 Å². The van der Waals surface area contributed by atoms with E-state index in [-0.39, 0.29) is 5.56 Å². The van der Waals surface area contributed by atoms with Gasteiger partial charge in [-0.05, 0) is 24.3 Å². The Bertz CT molecular complexity index is 798. The van der Waals surface area contributed by atoms with Gasteiger partial charge in [-0.2, -0.15) is 10.2 Å². The molecule has 2 aromatic rings. The van der Waals surface area contributed by atoms with Gasteiger partial charge in [-0.3, -0.25) is 0 Å². The van der Waals surface area contributed by atoms with Crippen LogP contribution in [0, 0.1) is 0 Å². The van der Waals surface area contributed by atoms with E-state index in [1.165, 1.54) is 24.3 Å². The molecule has 0 bridgehead atoms. The molecule has 7 nitrogen and oxygen atoms in total. The first-order chi connectivity index (χ1) is 11.1. The molecule has 3 rings (SSSR count). The van der Waals surface area contributed by atoms with Crippen molar-refractivity contribution in [3.63, 3.8) is 0 Å². The van der Waals surface area contributed by atoms with Crippen molar-refractivity contribution in [3.8, 4) is 0 Å². The van der Waals surface area contributed by atoms with Crippen molar-refractivity contribution in [1.29, 1.82) is 0 Å². The van der Waals surface area contributed by atoms with E-state index in [9.17, 15) is 9.59 Å². The zero-order valence-electron chi connectivity index (χ0n) is 11.8. The number of carbonyl (C=O) groups is 2. The Hall–Kier alpha value is -3.35. The van der Waals surface area contributed by atoms with Gasteiger partial charge in [-0.15, -0.1) is 0 Å². The SMILES string of the molecule is O=C(O)c1ccc(N=NC2C(=O)ON=C2c2ccccc2)cc1. The van der Waals surface area contributed by atoms with E-state index in [1.54, 1.807) is 12.1 Å². The molecule has 7 heteroatoms. The highest BCUT2D eigenvalue weighted by atomic mass is 16.7. The van der Waals surface area contributed by atoms with Crippen LogP contribution in [-0.2, 0) is 9.63 Å². The van der Waals surface area contributed by atoms with E-state index < -0.39 is 18.0 Å². The van der Waals surface area contributed by atoms with Crippen LogP contribution in [0.2, 0.25) is 0 Å². The number of azo groups is 1. The Morgan fingerprint density at radius 2 is 1.78 bits per heavy atom. The molecule has 1 heterocycles. The predicted molar refractivity (Wildman–Crippen MR) is 80.8 cm³/mol. The standard InChI is InChI=1S/C16H11N3O4/c20-15(21)11-6-8-12(9-7-11)17-18-14-13(19-23-16(14)22)10-4-2-1-3-5-10/h1-9,14H,(H,20,21). The summed E-state index contributed by atoms with van der Waals surface area (Å²) < 4.78 is 0. The first-order valence-corrected chi connectivity index (χ1v) is 6.73. The number of oxime groups is 1. The molecule has 0 radical (unpaired) electrons. The minimum atomic E-state index is -1.02. The van der Waals surface area contributed by atoms with Gasteiger partial charge in [-0.25, -0.2) is 9.59 Å². The molecule has 114 valence electrons. The van der Waals surface area contributed by atoms with Crippen LogP contribution in [0.5, 0.6) is 0 Å². The van der Waals surface area contributed by atoms with E-state index in [2.05, 4.69) is 20.2 Å². The fraction of sp³-hybridized carbons (Fsp3) is 0.0625. The van der Waals surface area contributed by atoms with Crippen molar-refractivity contribution < 1.29 is 19.5 Å². The fourth-order valence-electron chi connectivity index (χ4n) is 2.02. The first-order valence-electron chi connectivity index (χ1n) is 6.73. The molecule has 1 aliphatic rings. The molecule has 0 aromatic heterocycles. The molecule has 0 fully saturated rings. The highest BCUT2D eigenvalue weighted by molar-refractivity contribution is 6.17. The van der Waals surface area contributed by atoms with Gasteiger partial charge in [0.1, 0.15) is 5.71 Å². The number of hydrogen-bond acceptors (Lipinski definition) is 6. The minimum absolute atomic E-state index is 0.149. The van der Waals surface area contributed by atoms with Crippen LogP contribution in [0.1, 0.15) is 15.9 Å². The number of rotatable bonds is 4. The molecule has 0 saturated heterocycles. The quantitative estimate of drug-likeness (QED) is 0.693. The van der Waals surface area contributed by atoms with Crippen molar-refractivity contribution >= 4 is 23.3 Å². The Labute approximate surface area is 130 Å². The normalized spacial score (nSPS) is 17.1. The number of carbonyl (C=O) groups excluding carboxylic acids is 1. The topological polar surface area (TPSA) is 101 Å². The third-order valence-corrected chi connectivity index (χ3v) is 3.19. The lowest BCUT2D eigenvalue weighted by Crippen LogP contribution is -2.22. The average Bonchev–Trinajstić information content (AvgIpc) is 2.95. The summed E-state index contributed by atoms with van der Waals surface area (Å²) in [4.78, 5) is 27.2. The molecule has 0 amide bonds. The zero-order valence-corrected chi connectivity index (χ0v) is 11.8. The highest BCUT2D eigenvalue weighted by Gasteiger charge is 2.33. The number of nitrogens with zero attached hydrogens (tertiary/aromatic N) is 3. The Morgan fingerprint density at radius 1 is 1.09 bits per heavy atom. The first kappa shape index (κ1) is 14.6. The minimum Gasteiger partial charge on any atom is -0.478 e. The summed E-state index contributed by atoms with van der Waals surface area (Å²) in [5.74, 6) is -1.62. The molecule has 1 aliphatic heterocycles. The number of aromatic carboxylic acids is 1. The molecule has 23 heavy (non-hydrogen) atoms. The molecular weight excluding hydrogens is 298 g/mol. The monoisotopic (exact) mass is 309 g/mol. The second kappa shape index (κ2) is 6.18. The lowest BCUT2D eigenvalue weighted by Gasteiger charge is -2.02. The number of carboxylic acid groups (broad SMARTS) is 1. The maximum absolute atomic E-state index is 11.8. The van der Waals surface area contributed by atoms with Crippen LogP contribution >= 0.6 is 0 Å². The van der Waals surface area contributed by atoms with Gasteiger partial charge in [0.25, 0.3) is 0 Å². The van der Waals surface area contributed by atoms with Crippen LogP contribution in [-0.4, -0.2) is 28.8 Å². The summed E-state index contributed by atoms with van der Waals surface area (Å²) in [5, 5.41) is 20.5. The van der Waals surface area contributed by atoms with E-state index in [0.29, 0.717) is 11.4 Å². The van der Waals surface area contributed by atoms with E-state index in [0.717, 1.165) is 5.56 Å². The zero-order chi connectivity index (χ0) is 16.2. The lowest BCUT2D eigenvalue weighted by molar-refractivity contribution is -0.141. The third kappa shape index (κ3) is 3.13. The van der Waals surface area contributed by atoms with E-state index in [4.69, 9.17) is 5.11 Å². The molecule has 0 saturated carbocycles. The highest BCUT2D eigenvalue weighted by Crippen LogP contribution is 2.19. The largest absolute Gasteiger partial charge is 0.478 e. The second-order valence-electron chi connectivity index (χ2n) is 4.72. The van der Waals surface area contributed by atoms with Crippen LogP contribution in [0.4, 0.5) is 5.69 Å². The van der Waals surface area contributed by atoms with Crippen molar-refractivity contribution in [1.82, 2.24) is 0 Å². The predicted octanol–water partition coefficient (Wildman–Crippen LogP) is 2.80. The summed E-state index contributed by atoms with van der Waals surface area (Å²) in [6, 6.07) is 14.0. The summed E-state index contributed by atoms with van der Waals surface area (Å²) in [6.07, 6.45) is 0. The molecule has 1 N–H and O–H groups in total. The summed E-state index contributed by atoms with van der Waals surface area (Å²) in [7, 11) is 0. The van der Waals surface area contributed by atoms with E-state index in [1.807, 2.05) is 18.2 Å². The van der Waals surface area contributed by atoms with Crippen molar-refractivity contribution in [2.75, 3.05) is 0 Å². The van der Waals surface area contributed by atoms with Crippen LogP contribution in [0.15, 0.2) is 70.0 Å². The fourth-order valence-corrected chi connectivity index (χ4v) is 2.02. The molecular formula is C16H11N3O4. The van der Waals surface area contributed by atoms with Gasteiger partial charge in [0.15, 0.2) is 0 Å². The van der Waals surface area contributed by atoms with Gasteiger partial charge in [0.05, 0.1) is 11.3 Å². The summed E-state index contributed by atoms with van der Waals surface area (Å²) in [6.45, 7) is 0. The lowest BCUT2D eigenvalue weighted by atomic mass is 10.0. The average molecular weight is 309 g/mol. The van der Waals surface area contributed by atoms with Gasteiger partial charge >= 0.3 is 11.9 Å². The number of benzene rings is 2. The van der Waals surface area contributed by atoms with Crippen LogP contribution < -0.4 is 0 Å². The molecule has 0 aliphatic carbocycles. The molecule has 2 aromatic carbocycles. The smallest absolute Gasteiger partial charge is 0.367 e. The van der Waals surface area contributed by atoms with Gasteiger partial charge in [0, 0.05) is 5.56 Å². The molecule has 1 unspecified atom stereocenters. The number of hydrogen-bond donors (Lipinski definition) is 1. The van der Waals surface area contributed by atoms with E-state index >= 15 is 0 Å². The Kier molecular flexibility index (Phi) is 3.92. The maximum Gasteiger partial charge on any atom is 0.367 e. The van der Waals surface area contributed by atoms with Crippen molar-refractivity contribution in [2.24, 2.45) is 15.4 Å². The van der Waals surface area contributed by atoms with Crippen LogP contribution in [0.3, 0.4) is 0 Å². The Morgan fingerprint density at radius 3 is 2.43 bits per heavy atom. The second-order valence-corrected chi connectivity index (χ2v) is 4.72. The summed E-state index contributed by atoms with van der Waals surface area (Å²) in [5.41, 5.74) is 1.70.